The Bertz CT molecular complexity index is 340. The highest BCUT2D eigenvalue weighted by Gasteiger charge is 2.09. The Balaban J connectivity index is 3.00. The third-order valence-electron chi connectivity index (χ3n) is 1.85. The van der Waals surface area contributed by atoms with Gasteiger partial charge in [-0.15, -0.1) is 0 Å². The topological polar surface area (TPSA) is 47.3 Å². The number of nitrogens with one attached hydrogen (secondary N) is 1. The van der Waals surface area contributed by atoms with Gasteiger partial charge in [-0.05, 0) is 20.8 Å². The molecule has 1 aromatic rings. The van der Waals surface area contributed by atoms with Crippen LogP contribution >= 0.6 is 0 Å². The van der Waals surface area contributed by atoms with Crippen molar-refractivity contribution in [2.45, 2.75) is 26.8 Å². The number of rotatable bonds is 4. The molecule has 0 aliphatic rings. The summed E-state index contributed by atoms with van der Waals surface area (Å²) in [5, 5.41) is 3.13. The summed E-state index contributed by atoms with van der Waals surface area (Å²) >= 11 is 0. The Morgan fingerprint density at radius 1 is 1.47 bits per heavy atom. The van der Waals surface area contributed by atoms with Crippen LogP contribution in [0.2, 0.25) is 0 Å². The summed E-state index contributed by atoms with van der Waals surface area (Å²) in [5.74, 6) is -0.196. The molecule has 3 nitrogen and oxygen atoms in total. The third-order valence-corrected chi connectivity index (χ3v) is 1.85. The summed E-state index contributed by atoms with van der Waals surface area (Å²) in [6.07, 6.45) is 0. The standard InChI is InChI=1S/C11H17FN2O/c1-4-15-11-6-10(14-7(2)3)9(13)5-8(11)12/h5-7,14H,4,13H2,1-3H3. The lowest BCUT2D eigenvalue weighted by molar-refractivity contribution is 0.322. The lowest BCUT2D eigenvalue weighted by Crippen LogP contribution is -2.12. The fourth-order valence-corrected chi connectivity index (χ4v) is 1.27. The Morgan fingerprint density at radius 2 is 2.13 bits per heavy atom. The highest BCUT2D eigenvalue weighted by atomic mass is 19.1. The number of anilines is 2. The van der Waals surface area contributed by atoms with Crippen molar-refractivity contribution in [3.05, 3.63) is 17.9 Å². The number of halogens is 1. The first-order valence-electron chi connectivity index (χ1n) is 5.03. The van der Waals surface area contributed by atoms with E-state index in [1.54, 1.807) is 6.07 Å². The number of benzene rings is 1. The van der Waals surface area contributed by atoms with Gasteiger partial charge >= 0.3 is 0 Å². The predicted molar refractivity (Wildman–Crippen MR) is 60.7 cm³/mol. The third kappa shape index (κ3) is 3.01. The van der Waals surface area contributed by atoms with Crippen molar-refractivity contribution in [1.82, 2.24) is 0 Å². The first-order valence-corrected chi connectivity index (χ1v) is 5.03. The van der Waals surface area contributed by atoms with Gasteiger partial charge in [0.15, 0.2) is 11.6 Å². The van der Waals surface area contributed by atoms with E-state index in [4.69, 9.17) is 10.5 Å². The smallest absolute Gasteiger partial charge is 0.167 e. The van der Waals surface area contributed by atoms with Gasteiger partial charge in [-0.3, -0.25) is 0 Å². The molecule has 0 aromatic heterocycles. The van der Waals surface area contributed by atoms with E-state index in [1.807, 2.05) is 20.8 Å². The maximum absolute atomic E-state index is 13.3. The van der Waals surface area contributed by atoms with Crippen LogP contribution in [0.4, 0.5) is 15.8 Å². The molecule has 3 N–H and O–H groups in total. The van der Waals surface area contributed by atoms with Crippen molar-refractivity contribution in [2.75, 3.05) is 17.7 Å². The Morgan fingerprint density at radius 3 is 2.67 bits per heavy atom. The summed E-state index contributed by atoms with van der Waals surface area (Å²) < 4.78 is 18.5. The van der Waals surface area contributed by atoms with Crippen molar-refractivity contribution >= 4 is 11.4 Å². The van der Waals surface area contributed by atoms with Crippen molar-refractivity contribution in [1.29, 1.82) is 0 Å². The molecule has 1 aromatic carbocycles. The van der Waals surface area contributed by atoms with Crippen LogP contribution in [0.15, 0.2) is 12.1 Å². The number of ether oxygens (including phenoxy) is 1. The predicted octanol–water partition coefficient (Wildman–Crippen LogP) is 2.63. The highest BCUT2D eigenvalue weighted by Crippen LogP contribution is 2.28. The van der Waals surface area contributed by atoms with Crippen LogP contribution < -0.4 is 15.8 Å². The number of nitrogens with two attached hydrogens (primary N) is 1. The van der Waals surface area contributed by atoms with Gasteiger partial charge in [-0.2, -0.15) is 0 Å². The van der Waals surface area contributed by atoms with Gasteiger partial charge in [0.05, 0.1) is 18.0 Å². The second kappa shape index (κ2) is 4.87. The van der Waals surface area contributed by atoms with Crippen LogP contribution in [0.25, 0.3) is 0 Å². The normalized spacial score (nSPS) is 10.5. The van der Waals surface area contributed by atoms with Crippen LogP contribution in [0, 0.1) is 5.82 Å². The van der Waals surface area contributed by atoms with E-state index < -0.39 is 5.82 Å². The van der Waals surface area contributed by atoms with Gasteiger partial charge in [-0.25, -0.2) is 4.39 Å². The summed E-state index contributed by atoms with van der Waals surface area (Å²) in [6.45, 7) is 6.22. The zero-order chi connectivity index (χ0) is 11.4. The first-order chi connectivity index (χ1) is 7.04. The molecule has 0 bridgehead atoms. The van der Waals surface area contributed by atoms with Crippen LogP contribution in [0.3, 0.4) is 0 Å². The summed E-state index contributed by atoms with van der Waals surface area (Å²) in [5.41, 5.74) is 6.77. The van der Waals surface area contributed by atoms with E-state index in [-0.39, 0.29) is 11.8 Å². The Hall–Kier alpha value is -1.45. The van der Waals surface area contributed by atoms with Crippen LogP contribution in [-0.2, 0) is 0 Å². The zero-order valence-corrected chi connectivity index (χ0v) is 9.30. The SMILES string of the molecule is CCOc1cc(NC(C)C)c(N)cc1F. The molecule has 0 atom stereocenters. The molecule has 4 heteroatoms. The number of hydrogen-bond donors (Lipinski definition) is 2. The molecule has 0 spiro atoms. The summed E-state index contributed by atoms with van der Waals surface area (Å²) in [6, 6.07) is 3.11. The van der Waals surface area contributed by atoms with Crippen molar-refractivity contribution < 1.29 is 9.13 Å². The minimum atomic E-state index is -0.427. The molecular formula is C11H17FN2O. The van der Waals surface area contributed by atoms with Gasteiger partial charge in [0.2, 0.25) is 0 Å². The van der Waals surface area contributed by atoms with Gasteiger partial charge in [0, 0.05) is 18.2 Å². The Kier molecular flexibility index (Phi) is 3.77. The number of nitrogen functional groups attached to an aromatic ring is 1. The molecule has 0 aliphatic carbocycles. The van der Waals surface area contributed by atoms with E-state index >= 15 is 0 Å². The van der Waals surface area contributed by atoms with Crippen molar-refractivity contribution in [3.63, 3.8) is 0 Å². The average Bonchev–Trinajstić information content (AvgIpc) is 2.12. The van der Waals surface area contributed by atoms with Gasteiger partial charge in [0.25, 0.3) is 0 Å². The highest BCUT2D eigenvalue weighted by molar-refractivity contribution is 5.68. The van der Waals surface area contributed by atoms with E-state index in [9.17, 15) is 4.39 Å². The molecule has 0 unspecified atom stereocenters. The molecule has 0 aliphatic heterocycles. The second-order valence-electron chi connectivity index (χ2n) is 3.60. The second-order valence-corrected chi connectivity index (χ2v) is 3.60. The summed E-state index contributed by atoms with van der Waals surface area (Å²) in [7, 11) is 0. The van der Waals surface area contributed by atoms with Crippen molar-refractivity contribution in [2.24, 2.45) is 0 Å². The molecule has 0 fully saturated rings. The molecule has 15 heavy (non-hydrogen) atoms. The quantitative estimate of drug-likeness (QED) is 0.754. The largest absolute Gasteiger partial charge is 0.491 e. The van der Waals surface area contributed by atoms with E-state index in [1.165, 1.54) is 6.07 Å². The minimum Gasteiger partial charge on any atom is -0.491 e. The van der Waals surface area contributed by atoms with Crippen molar-refractivity contribution in [3.8, 4) is 5.75 Å². The van der Waals surface area contributed by atoms with Crippen LogP contribution in [0.5, 0.6) is 5.75 Å². The minimum absolute atomic E-state index is 0.231. The van der Waals surface area contributed by atoms with Gasteiger partial charge < -0.3 is 15.8 Å². The van der Waals surface area contributed by atoms with Crippen LogP contribution in [0.1, 0.15) is 20.8 Å². The number of hydrogen-bond acceptors (Lipinski definition) is 3. The Labute approximate surface area is 89.4 Å². The average molecular weight is 212 g/mol. The molecular weight excluding hydrogens is 195 g/mol. The van der Waals surface area contributed by atoms with Gasteiger partial charge in [-0.1, -0.05) is 0 Å². The lowest BCUT2D eigenvalue weighted by atomic mass is 10.2. The lowest BCUT2D eigenvalue weighted by Gasteiger charge is -2.14. The van der Waals surface area contributed by atoms with E-state index in [0.717, 1.165) is 0 Å². The fraction of sp³-hybridized carbons (Fsp3) is 0.455. The summed E-state index contributed by atoms with van der Waals surface area (Å²) in [4.78, 5) is 0. The molecule has 0 saturated heterocycles. The first kappa shape index (κ1) is 11.6. The van der Waals surface area contributed by atoms with E-state index in [2.05, 4.69) is 5.32 Å². The molecule has 0 radical (unpaired) electrons. The molecule has 0 saturated carbocycles. The maximum Gasteiger partial charge on any atom is 0.167 e. The fourth-order valence-electron chi connectivity index (χ4n) is 1.27. The monoisotopic (exact) mass is 212 g/mol. The maximum atomic E-state index is 13.3. The molecule has 0 amide bonds. The molecule has 84 valence electrons. The van der Waals surface area contributed by atoms with Crippen LogP contribution in [-0.4, -0.2) is 12.6 Å². The molecule has 1 rings (SSSR count). The molecule has 0 heterocycles. The van der Waals surface area contributed by atoms with Gasteiger partial charge in [0.1, 0.15) is 0 Å². The zero-order valence-electron chi connectivity index (χ0n) is 9.30. The van der Waals surface area contributed by atoms with E-state index in [0.29, 0.717) is 18.0 Å².